The van der Waals surface area contributed by atoms with E-state index in [1.54, 1.807) is 6.92 Å². The second-order valence-electron chi connectivity index (χ2n) is 7.34. The molecule has 2 heteroatoms. The minimum absolute atomic E-state index is 0.00187. The molecule has 4 rings (SSSR count). The fourth-order valence-corrected chi connectivity index (χ4v) is 5.46. The van der Waals surface area contributed by atoms with Gasteiger partial charge in [-0.05, 0) is 92.6 Å². The van der Waals surface area contributed by atoms with Crippen molar-refractivity contribution < 1.29 is 21.2 Å². The van der Waals surface area contributed by atoms with Crippen molar-refractivity contribution in [3.05, 3.63) is 0 Å². The third kappa shape index (κ3) is 1.83. The minimum atomic E-state index is -2.80. The van der Waals surface area contributed by atoms with E-state index < -0.39 is 42.6 Å². The molecule has 114 valence electrons. The van der Waals surface area contributed by atoms with Gasteiger partial charge in [0.2, 0.25) is 0 Å². The summed E-state index contributed by atoms with van der Waals surface area (Å²) < 4.78 is 66.0. The lowest BCUT2D eigenvalue weighted by Crippen LogP contribution is -2.49. The second-order valence-corrected chi connectivity index (χ2v) is 7.34. The molecule has 0 unspecified atom stereocenters. The largest absolute Gasteiger partial charge is 0.393 e. The smallest absolute Gasteiger partial charge is 0.0606 e. The van der Waals surface area contributed by atoms with Crippen LogP contribution < -0.4 is 0 Å². The van der Waals surface area contributed by atoms with E-state index in [9.17, 15) is 10.2 Å². The van der Waals surface area contributed by atoms with Gasteiger partial charge in [-0.15, -0.1) is 0 Å². The Labute approximate surface area is 134 Å². The molecular formula is C18H30O2. The van der Waals surface area contributed by atoms with Gasteiger partial charge in [-0.1, -0.05) is 6.92 Å². The van der Waals surface area contributed by atoms with Gasteiger partial charge >= 0.3 is 0 Å². The molecule has 0 aromatic rings. The van der Waals surface area contributed by atoms with Crippen molar-refractivity contribution >= 4 is 0 Å². The Balaban J connectivity index is 1.70. The van der Waals surface area contributed by atoms with Crippen LogP contribution in [0.1, 0.15) is 75.5 Å². The standard InChI is InChI=1S/C18H30O2/c1-18-9-8-14-13-5-3-12(19)10-11(13)2-4-15(14)16(18)6-7-17(18)20/h11-17,19-20H,2-10H2,1H3/t11-,12+,13-,14+,15+,16-,17-,18-/m0/s1/i3D2,7D2,10D2,12D,17D. The van der Waals surface area contributed by atoms with Crippen molar-refractivity contribution in [2.45, 2.75) is 76.7 Å². The van der Waals surface area contributed by atoms with Gasteiger partial charge in [-0.25, -0.2) is 0 Å². The van der Waals surface area contributed by atoms with Gasteiger partial charge in [0.1, 0.15) is 0 Å². The summed E-state index contributed by atoms with van der Waals surface area (Å²) in [7, 11) is 0. The Bertz CT molecular complexity index is 678. The summed E-state index contributed by atoms with van der Waals surface area (Å²) >= 11 is 0. The average molecular weight is 286 g/mol. The zero-order valence-electron chi connectivity index (χ0n) is 20.0. The third-order valence-corrected chi connectivity index (χ3v) is 6.62. The van der Waals surface area contributed by atoms with E-state index >= 15 is 0 Å². The number of hydrogen-bond acceptors (Lipinski definition) is 2. The number of fused-ring (bicyclic) bond motifs is 5. The van der Waals surface area contributed by atoms with Gasteiger partial charge in [-0.2, -0.15) is 0 Å². The van der Waals surface area contributed by atoms with Gasteiger partial charge in [0, 0.05) is 8.22 Å². The van der Waals surface area contributed by atoms with E-state index in [-0.39, 0.29) is 36.5 Å². The Morgan fingerprint density at radius 3 is 2.70 bits per heavy atom. The van der Waals surface area contributed by atoms with E-state index in [4.69, 9.17) is 11.0 Å². The molecule has 0 heterocycles. The summed E-state index contributed by atoms with van der Waals surface area (Å²) in [5, 5.41) is 21.2. The molecular weight excluding hydrogens is 248 g/mol. The van der Waals surface area contributed by atoms with Crippen LogP contribution in [-0.4, -0.2) is 22.4 Å². The molecule has 0 bridgehead atoms. The van der Waals surface area contributed by atoms with Crippen molar-refractivity contribution in [3.8, 4) is 0 Å². The summed E-state index contributed by atoms with van der Waals surface area (Å²) in [5.41, 5.74) is -0.882. The van der Waals surface area contributed by atoms with Crippen LogP contribution in [0.5, 0.6) is 0 Å². The van der Waals surface area contributed by atoms with Crippen molar-refractivity contribution in [1.82, 2.24) is 0 Å². The van der Waals surface area contributed by atoms with E-state index in [1.807, 2.05) is 0 Å². The Morgan fingerprint density at radius 2 is 1.85 bits per heavy atom. The van der Waals surface area contributed by atoms with Crippen LogP contribution in [0.25, 0.3) is 0 Å². The summed E-state index contributed by atoms with van der Waals surface area (Å²) in [6.07, 6.45) is -9.71. The van der Waals surface area contributed by atoms with Crippen LogP contribution in [0.2, 0.25) is 0 Å². The molecule has 0 radical (unpaired) electrons. The molecule has 4 fully saturated rings. The van der Waals surface area contributed by atoms with E-state index in [1.165, 1.54) is 0 Å². The molecule has 4 aliphatic rings. The molecule has 0 aliphatic heterocycles. The first-order valence-corrected chi connectivity index (χ1v) is 7.96. The van der Waals surface area contributed by atoms with Gasteiger partial charge < -0.3 is 10.2 Å². The fourth-order valence-electron chi connectivity index (χ4n) is 5.46. The fraction of sp³-hybridized carbons (Fsp3) is 1.00. The Kier molecular flexibility index (Phi) is 1.76. The van der Waals surface area contributed by atoms with Gasteiger partial charge in [-0.3, -0.25) is 0 Å². The third-order valence-electron chi connectivity index (χ3n) is 6.62. The van der Waals surface area contributed by atoms with Crippen LogP contribution in [0, 0.1) is 35.0 Å². The van der Waals surface area contributed by atoms with Crippen LogP contribution in [0.15, 0.2) is 0 Å². The predicted molar refractivity (Wildman–Crippen MR) is 79.1 cm³/mol. The normalized spacial score (nSPS) is 79.5. The SMILES string of the molecule is [2H]C1([2H])C[C@@H]2[C@H]3CC[C@@]4(C)[C@@H](CC([2H])([2H])[C@]4([2H])O)[C@@H]3CC[C@H]2C([2H])([2H])[C@]1([2H])O. The Morgan fingerprint density at radius 1 is 1.00 bits per heavy atom. The van der Waals surface area contributed by atoms with Gasteiger partial charge in [0.25, 0.3) is 0 Å². The minimum Gasteiger partial charge on any atom is -0.393 e. The Hall–Kier alpha value is -0.0800. The van der Waals surface area contributed by atoms with Crippen LogP contribution in [0.3, 0.4) is 0 Å². The lowest BCUT2D eigenvalue weighted by atomic mass is 9.50. The average Bonchev–Trinajstić information content (AvgIpc) is 2.69. The van der Waals surface area contributed by atoms with E-state index in [0.717, 1.165) is 0 Å². The monoisotopic (exact) mass is 286 g/mol. The van der Waals surface area contributed by atoms with E-state index in [2.05, 4.69) is 0 Å². The first kappa shape index (κ1) is 7.46. The molecule has 2 N–H and O–H groups in total. The van der Waals surface area contributed by atoms with Crippen molar-refractivity contribution in [2.75, 3.05) is 0 Å². The van der Waals surface area contributed by atoms with Crippen LogP contribution >= 0.6 is 0 Å². The highest BCUT2D eigenvalue weighted by Gasteiger charge is 2.56. The summed E-state index contributed by atoms with van der Waals surface area (Å²) in [4.78, 5) is 0. The molecule has 0 saturated heterocycles. The van der Waals surface area contributed by atoms with Gasteiger partial charge in [0.05, 0.1) is 14.9 Å². The first-order chi connectivity index (χ1) is 12.5. The number of aliphatic hydroxyl groups is 2. The highest BCUT2D eigenvalue weighted by atomic mass is 16.3. The molecule has 20 heavy (non-hydrogen) atoms. The number of hydrogen-bond donors (Lipinski definition) is 2. The molecule has 0 aromatic carbocycles. The molecule has 2 nitrogen and oxygen atoms in total. The van der Waals surface area contributed by atoms with Gasteiger partial charge in [0.15, 0.2) is 0 Å². The summed E-state index contributed by atoms with van der Waals surface area (Å²) in [6.45, 7) is 1.79. The maximum atomic E-state index is 10.7. The molecule has 0 amide bonds. The zero-order valence-corrected chi connectivity index (χ0v) is 12.0. The number of rotatable bonds is 0. The van der Waals surface area contributed by atoms with Crippen LogP contribution in [-0.2, 0) is 0 Å². The van der Waals surface area contributed by atoms with Crippen LogP contribution in [0.4, 0.5) is 0 Å². The molecule has 0 spiro atoms. The van der Waals surface area contributed by atoms with Crippen molar-refractivity contribution in [3.63, 3.8) is 0 Å². The highest BCUT2D eigenvalue weighted by molar-refractivity contribution is 5.06. The topological polar surface area (TPSA) is 40.5 Å². The lowest BCUT2D eigenvalue weighted by Gasteiger charge is -2.55. The summed E-state index contributed by atoms with van der Waals surface area (Å²) in [6, 6.07) is 0. The van der Waals surface area contributed by atoms with Crippen molar-refractivity contribution in [2.24, 2.45) is 35.0 Å². The molecule has 4 aliphatic carbocycles. The maximum absolute atomic E-state index is 10.7. The quantitative estimate of drug-likeness (QED) is 0.717. The highest BCUT2D eigenvalue weighted by Crippen LogP contribution is 2.62. The molecule has 8 atom stereocenters. The second kappa shape index (κ2) is 4.71. The maximum Gasteiger partial charge on any atom is 0.0606 e. The first-order valence-electron chi connectivity index (χ1n) is 12.0. The zero-order chi connectivity index (χ0) is 21.1. The summed E-state index contributed by atoms with van der Waals surface area (Å²) in [5.74, 6) is -1.19. The molecule has 0 aromatic heterocycles. The lowest BCUT2D eigenvalue weighted by molar-refractivity contribution is -0.0913. The molecule has 4 saturated carbocycles. The van der Waals surface area contributed by atoms with E-state index in [0.29, 0.717) is 25.7 Å². The predicted octanol–water partition coefficient (Wildman–Crippen LogP) is 3.36. The van der Waals surface area contributed by atoms with Crippen molar-refractivity contribution in [1.29, 1.82) is 0 Å².